The van der Waals surface area contributed by atoms with E-state index in [1.807, 2.05) is 0 Å². The molecule has 0 amide bonds. The first-order valence-electron chi connectivity index (χ1n) is 5.08. The molecule has 3 heteroatoms. The van der Waals surface area contributed by atoms with Crippen molar-refractivity contribution >= 4 is 5.78 Å². The Labute approximate surface area is 80.5 Å². The Morgan fingerprint density at radius 1 is 1.46 bits per heavy atom. The summed E-state index contributed by atoms with van der Waals surface area (Å²) in [6, 6.07) is 0.104. The van der Waals surface area contributed by atoms with Gasteiger partial charge in [0.1, 0.15) is 5.78 Å². The Balaban J connectivity index is 2.57. The molecule has 0 aromatic carbocycles. The lowest BCUT2D eigenvalue weighted by Crippen LogP contribution is -2.51. The van der Waals surface area contributed by atoms with E-state index < -0.39 is 0 Å². The molecule has 1 heterocycles. The van der Waals surface area contributed by atoms with E-state index in [0.29, 0.717) is 11.7 Å². The third-order valence-electron chi connectivity index (χ3n) is 2.56. The van der Waals surface area contributed by atoms with Crippen LogP contribution in [0.15, 0.2) is 0 Å². The topological polar surface area (TPSA) is 32.3 Å². The molecule has 0 radical (unpaired) electrons. The van der Waals surface area contributed by atoms with Crippen molar-refractivity contribution in [2.45, 2.75) is 33.2 Å². The highest BCUT2D eigenvalue weighted by molar-refractivity contribution is 5.81. The van der Waals surface area contributed by atoms with Crippen molar-refractivity contribution in [3.63, 3.8) is 0 Å². The van der Waals surface area contributed by atoms with Gasteiger partial charge in [-0.1, -0.05) is 13.8 Å². The van der Waals surface area contributed by atoms with Gasteiger partial charge in [0.2, 0.25) is 0 Å². The van der Waals surface area contributed by atoms with Gasteiger partial charge in [-0.25, -0.2) is 0 Å². The van der Waals surface area contributed by atoms with Crippen LogP contribution in [0.4, 0.5) is 0 Å². The summed E-state index contributed by atoms with van der Waals surface area (Å²) in [5.74, 6) is 0.705. The van der Waals surface area contributed by atoms with Gasteiger partial charge in [0, 0.05) is 13.2 Å². The predicted octanol–water partition coefficient (Wildman–Crippen LogP) is 0.853. The smallest absolute Gasteiger partial charge is 0.147 e. The van der Waals surface area contributed by atoms with Gasteiger partial charge in [-0.05, 0) is 25.8 Å². The highest BCUT2D eigenvalue weighted by Gasteiger charge is 2.26. The third kappa shape index (κ3) is 2.78. The average Bonchev–Trinajstić information content (AvgIpc) is 2.04. The number of Topliss-reactive ketones (excluding diaryl/α,β-unsaturated/α-hetero) is 1. The van der Waals surface area contributed by atoms with E-state index in [-0.39, 0.29) is 6.04 Å². The van der Waals surface area contributed by atoms with E-state index >= 15 is 0 Å². The first-order chi connectivity index (χ1) is 6.13. The fraction of sp³-hybridized carbons (Fsp3) is 0.900. The molecule has 0 bridgehead atoms. The van der Waals surface area contributed by atoms with Gasteiger partial charge in [-0.3, -0.25) is 9.69 Å². The first kappa shape index (κ1) is 10.7. The second kappa shape index (κ2) is 4.72. The van der Waals surface area contributed by atoms with Crippen LogP contribution >= 0.6 is 0 Å². The molecule has 1 unspecified atom stereocenters. The zero-order valence-corrected chi connectivity index (χ0v) is 8.84. The highest BCUT2D eigenvalue weighted by atomic mass is 16.1. The van der Waals surface area contributed by atoms with E-state index in [2.05, 4.69) is 24.1 Å². The number of ketones is 1. The SMILES string of the molecule is CC(=O)C(C(C)C)N1CCCNC1. The second-order valence-electron chi connectivity index (χ2n) is 4.12. The number of hydrogen-bond acceptors (Lipinski definition) is 3. The molecule has 0 aliphatic carbocycles. The van der Waals surface area contributed by atoms with Crippen molar-refractivity contribution in [1.82, 2.24) is 10.2 Å². The van der Waals surface area contributed by atoms with Crippen LogP contribution in [0.3, 0.4) is 0 Å². The number of carbonyl (C=O) groups excluding carboxylic acids is 1. The zero-order valence-electron chi connectivity index (χ0n) is 8.84. The molecule has 3 nitrogen and oxygen atoms in total. The van der Waals surface area contributed by atoms with E-state index in [1.165, 1.54) is 0 Å². The summed E-state index contributed by atoms with van der Waals surface area (Å²) in [6.07, 6.45) is 1.15. The minimum atomic E-state index is 0.104. The van der Waals surface area contributed by atoms with E-state index in [1.54, 1.807) is 6.92 Å². The van der Waals surface area contributed by atoms with Crippen molar-refractivity contribution in [2.75, 3.05) is 19.8 Å². The van der Waals surface area contributed by atoms with Gasteiger partial charge in [0.15, 0.2) is 0 Å². The molecule has 1 aliphatic rings. The summed E-state index contributed by atoms with van der Waals surface area (Å²) >= 11 is 0. The Bertz CT molecular complexity index is 174. The lowest BCUT2D eigenvalue weighted by atomic mass is 9.98. The van der Waals surface area contributed by atoms with Crippen molar-refractivity contribution in [3.05, 3.63) is 0 Å². The molecular formula is C10H20N2O. The monoisotopic (exact) mass is 184 g/mol. The van der Waals surface area contributed by atoms with Crippen LogP contribution in [0, 0.1) is 5.92 Å². The summed E-state index contributed by atoms with van der Waals surface area (Å²) < 4.78 is 0. The zero-order chi connectivity index (χ0) is 9.84. The van der Waals surface area contributed by atoms with Crippen LogP contribution in [0.2, 0.25) is 0 Å². The largest absolute Gasteiger partial charge is 0.304 e. The number of nitrogens with zero attached hydrogens (tertiary/aromatic N) is 1. The van der Waals surface area contributed by atoms with Crippen LogP contribution in [-0.4, -0.2) is 36.5 Å². The molecular weight excluding hydrogens is 164 g/mol. The van der Waals surface area contributed by atoms with Gasteiger partial charge >= 0.3 is 0 Å². The minimum Gasteiger partial charge on any atom is -0.304 e. The van der Waals surface area contributed by atoms with Crippen molar-refractivity contribution < 1.29 is 4.79 Å². The summed E-state index contributed by atoms with van der Waals surface area (Å²) in [4.78, 5) is 13.7. The summed E-state index contributed by atoms with van der Waals surface area (Å²) in [7, 11) is 0. The number of carbonyl (C=O) groups is 1. The minimum absolute atomic E-state index is 0.104. The van der Waals surface area contributed by atoms with E-state index in [0.717, 1.165) is 26.2 Å². The Morgan fingerprint density at radius 3 is 2.54 bits per heavy atom. The standard InChI is InChI=1S/C10H20N2O/c1-8(2)10(9(3)13)12-6-4-5-11-7-12/h8,10-11H,4-7H2,1-3H3. The van der Waals surface area contributed by atoms with Crippen molar-refractivity contribution in [1.29, 1.82) is 0 Å². The molecule has 13 heavy (non-hydrogen) atoms. The lowest BCUT2D eigenvalue weighted by molar-refractivity contribution is -0.124. The molecule has 1 aliphatic heterocycles. The fourth-order valence-electron chi connectivity index (χ4n) is 2.09. The molecule has 1 rings (SSSR count). The Kier molecular flexibility index (Phi) is 3.88. The van der Waals surface area contributed by atoms with Gasteiger partial charge in [0.25, 0.3) is 0 Å². The number of hydrogen-bond donors (Lipinski definition) is 1. The van der Waals surface area contributed by atoms with Gasteiger partial charge in [-0.2, -0.15) is 0 Å². The van der Waals surface area contributed by atoms with Gasteiger partial charge in [-0.15, -0.1) is 0 Å². The predicted molar refractivity (Wildman–Crippen MR) is 53.5 cm³/mol. The first-order valence-corrected chi connectivity index (χ1v) is 5.08. The van der Waals surface area contributed by atoms with Crippen LogP contribution in [0.5, 0.6) is 0 Å². The van der Waals surface area contributed by atoms with Crippen LogP contribution < -0.4 is 5.32 Å². The fourth-order valence-corrected chi connectivity index (χ4v) is 2.09. The molecule has 0 aromatic heterocycles. The summed E-state index contributed by atoms with van der Waals surface area (Å²) in [5, 5.41) is 3.30. The number of nitrogens with one attached hydrogen (secondary N) is 1. The molecule has 0 spiro atoms. The van der Waals surface area contributed by atoms with Crippen molar-refractivity contribution in [2.24, 2.45) is 5.92 Å². The highest BCUT2D eigenvalue weighted by Crippen LogP contribution is 2.13. The maximum absolute atomic E-state index is 11.4. The molecule has 1 N–H and O–H groups in total. The van der Waals surface area contributed by atoms with Gasteiger partial charge < -0.3 is 5.32 Å². The lowest BCUT2D eigenvalue weighted by Gasteiger charge is -2.35. The Morgan fingerprint density at radius 2 is 2.15 bits per heavy atom. The quantitative estimate of drug-likeness (QED) is 0.706. The van der Waals surface area contributed by atoms with Crippen LogP contribution in [0.25, 0.3) is 0 Å². The molecule has 1 atom stereocenters. The van der Waals surface area contributed by atoms with Gasteiger partial charge in [0.05, 0.1) is 6.04 Å². The molecule has 76 valence electrons. The average molecular weight is 184 g/mol. The number of rotatable bonds is 3. The normalized spacial score (nSPS) is 21.8. The maximum Gasteiger partial charge on any atom is 0.147 e. The molecule has 1 fully saturated rings. The Hall–Kier alpha value is -0.410. The van der Waals surface area contributed by atoms with E-state index in [4.69, 9.17) is 0 Å². The molecule has 1 saturated heterocycles. The maximum atomic E-state index is 11.4. The summed E-state index contributed by atoms with van der Waals surface area (Å²) in [6.45, 7) is 8.91. The summed E-state index contributed by atoms with van der Waals surface area (Å²) in [5.41, 5.74) is 0. The molecule has 0 aromatic rings. The van der Waals surface area contributed by atoms with Crippen LogP contribution in [0.1, 0.15) is 27.2 Å². The van der Waals surface area contributed by atoms with E-state index in [9.17, 15) is 4.79 Å². The van der Waals surface area contributed by atoms with Crippen LogP contribution in [-0.2, 0) is 4.79 Å². The third-order valence-corrected chi connectivity index (χ3v) is 2.56. The van der Waals surface area contributed by atoms with Crippen molar-refractivity contribution in [3.8, 4) is 0 Å². The second-order valence-corrected chi connectivity index (χ2v) is 4.12. The molecule has 0 saturated carbocycles.